The largest absolute Gasteiger partial charge is 0.463 e. The standard InChI is InChI=1S/C23H36O4/c1-15(24)27-17-6-9-21(2)16(14-17)4-5-18-19(21)7-10-22(3)20(18)8-11-23(22)25-12-13-26-23/h16-20H,4-14H2,1-3H3/t16-,17-,18-,19?,20+,21+,22+/m1/s1. The molecule has 1 heterocycles. The van der Waals surface area contributed by atoms with Crippen LogP contribution in [0, 0.1) is 34.5 Å². The zero-order valence-corrected chi connectivity index (χ0v) is 17.3. The Hall–Kier alpha value is -0.610. The van der Waals surface area contributed by atoms with Crippen molar-refractivity contribution >= 4 is 5.97 Å². The molecule has 1 saturated heterocycles. The van der Waals surface area contributed by atoms with Crippen LogP contribution in [0.3, 0.4) is 0 Å². The van der Waals surface area contributed by atoms with E-state index in [2.05, 4.69) is 13.8 Å². The van der Waals surface area contributed by atoms with Gasteiger partial charge in [0.25, 0.3) is 0 Å². The molecule has 27 heavy (non-hydrogen) atoms. The van der Waals surface area contributed by atoms with Crippen LogP contribution in [0.5, 0.6) is 0 Å². The normalized spacial score (nSPS) is 50.7. The van der Waals surface area contributed by atoms with E-state index in [0.29, 0.717) is 5.41 Å². The van der Waals surface area contributed by atoms with Gasteiger partial charge in [-0.05, 0) is 80.5 Å². The molecule has 0 aromatic carbocycles. The number of carbonyl (C=O) groups excluding carboxylic acids is 1. The molecular weight excluding hydrogens is 340 g/mol. The van der Waals surface area contributed by atoms with Gasteiger partial charge in [0.15, 0.2) is 5.79 Å². The Bertz CT molecular complexity index is 611. The molecule has 0 bridgehead atoms. The maximum Gasteiger partial charge on any atom is 0.302 e. The van der Waals surface area contributed by atoms with Gasteiger partial charge >= 0.3 is 5.97 Å². The van der Waals surface area contributed by atoms with E-state index in [-0.39, 0.29) is 23.3 Å². The fourth-order valence-electron chi connectivity index (χ4n) is 8.45. The van der Waals surface area contributed by atoms with Crippen LogP contribution in [-0.2, 0) is 19.0 Å². The molecule has 1 aliphatic heterocycles. The third-order valence-electron chi connectivity index (χ3n) is 9.75. The first-order valence-electron chi connectivity index (χ1n) is 11.3. The minimum atomic E-state index is -0.284. The molecule has 1 spiro atoms. The van der Waals surface area contributed by atoms with Crippen LogP contribution >= 0.6 is 0 Å². The molecule has 4 nitrogen and oxygen atoms in total. The second-order valence-electron chi connectivity index (χ2n) is 10.6. The maximum absolute atomic E-state index is 11.4. The number of hydrogen-bond acceptors (Lipinski definition) is 4. The lowest BCUT2D eigenvalue weighted by Gasteiger charge is -2.61. The summed E-state index contributed by atoms with van der Waals surface area (Å²) in [4.78, 5) is 11.4. The van der Waals surface area contributed by atoms with Crippen molar-refractivity contribution < 1.29 is 19.0 Å². The molecule has 0 N–H and O–H groups in total. The van der Waals surface area contributed by atoms with E-state index in [1.807, 2.05) is 0 Å². The van der Waals surface area contributed by atoms with Gasteiger partial charge in [0, 0.05) is 18.8 Å². The number of esters is 1. The second kappa shape index (κ2) is 6.19. The van der Waals surface area contributed by atoms with Gasteiger partial charge in [-0.25, -0.2) is 0 Å². The highest BCUT2D eigenvalue weighted by atomic mass is 16.7. The summed E-state index contributed by atoms with van der Waals surface area (Å²) >= 11 is 0. The minimum Gasteiger partial charge on any atom is -0.463 e. The van der Waals surface area contributed by atoms with Gasteiger partial charge in [0.1, 0.15) is 6.10 Å². The fraction of sp³-hybridized carbons (Fsp3) is 0.957. The van der Waals surface area contributed by atoms with E-state index in [0.717, 1.165) is 56.1 Å². The predicted octanol–water partition coefficient (Wildman–Crippen LogP) is 4.70. The first kappa shape index (κ1) is 18.4. The summed E-state index contributed by atoms with van der Waals surface area (Å²) in [6.07, 6.45) is 11.1. The summed E-state index contributed by atoms with van der Waals surface area (Å²) in [5, 5.41) is 0. The zero-order valence-electron chi connectivity index (χ0n) is 17.3. The van der Waals surface area contributed by atoms with Crippen molar-refractivity contribution in [3.8, 4) is 0 Å². The average Bonchev–Trinajstić information content (AvgIpc) is 3.21. The van der Waals surface area contributed by atoms with Crippen molar-refractivity contribution in [1.82, 2.24) is 0 Å². The van der Waals surface area contributed by atoms with Crippen LogP contribution in [0.1, 0.15) is 78.6 Å². The third kappa shape index (κ3) is 2.51. The smallest absolute Gasteiger partial charge is 0.302 e. The van der Waals surface area contributed by atoms with E-state index in [9.17, 15) is 4.79 Å². The van der Waals surface area contributed by atoms with Crippen molar-refractivity contribution in [2.24, 2.45) is 34.5 Å². The van der Waals surface area contributed by atoms with E-state index >= 15 is 0 Å². The SMILES string of the molecule is CC(=O)O[C@@H]1CC[C@]2(C)C3CC[C@@]4(C)[C@@H](CCC45OCCO5)[C@@H]3CC[C@@H]2C1. The second-order valence-corrected chi connectivity index (χ2v) is 10.6. The third-order valence-corrected chi connectivity index (χ3v) is 9.75. The van der Waals surface area contributed by atoms with E-state index in [1.54, 1.807) is 6.92 Å². The molecular formula is C23H36O4. The first-order valence-corrected chi connectivity index (χ1v) is 11.3. The molecule has 0 amide bonds. The average molecular weight is 377 g/mol. The molecule has 4 saturated carbocycles. The first-order chi connectivity index (χ1) is 12.9. The van der Waals surface area contributed by atoms with Gasteiger partial charge in [-0.15, -0.1) is 0 Å². The van der Waals surface area contributed by atoms with Gasteiger partial charge in [-0.3, -0.25) is 4.79 Å². The van der Waals surface area contributed by atoms with Crippen molar-refractivity contribution in [2.45, 2.75) is 90.4 Å². The highest BCUT2D eigenvalue weighted by Gasteiger charge is 2.67. The number of hydrogen-bond donors (Lipinski definition) is 0. The van der Waals surface area contributed by atoms with Crippen LogP contribution in [0.4, 0.5) is 0 Å². The highest BCUT2D eigenvalue weighted by molar-refractivity contribution is 5.66. The van der Waals surface area contributed by atoms with E-state index in [4.69, 9.17) is 14.2 Å². The highest BCUT2D eigenvalue weighted by Crippen LogP contribution is 2.69. The molecule has 1 unspecified atom stereocenters. The van der Waals surface area contributed by atoms with Gasteiger partial charge in [-0.2, -0.15) is 0 Å². The fourth-order valence-corrected chi connectivity index (χ4v) is 8.45. The van der Waals surface area contributed by atoms with Gasteiger partial charge in [0.05, 0.1) is 13.2 Å². The van der Waals surface area contributed by atoms with Crippen molar-refractivity contribution in [3.63, 3.8) is 0 Å². The van der Waals surface area contributed by atoms with Crippen molar-refractivity contribution in [2.75, 3.05) is 13.2 Å². The molecule has 5 fully saturated rings. The van der Waals surface area contributed by atoms with Crippen molar-refractivity contribution in [3.05, 3.63) is 0 Å². The van der Waals surface area contributed by atoms with Crippen LogP contribution in [0.2, 0.25) is 0 Å². The molecule has 7 atom stereocenters. The molecule has 5 rings (SSSR count). The van der Waals surface area contributed by atoms with Crippen LogP contribution in [-0.4, -0.2) is 31.1 Å². The quantitative estimate of drug-likeness (QED) is 0.622. The van der Waals surface area contributed by atoms with Crippen LogP contribution in [0.15, 0.2) is 0 Å². The van der Waals surface area contributed by atoms with E-state index in [1.165, 1.54) is 38.5 Å². The summed E-state index contributed by atoms with van der Waals surface area (Å²) in [5.74, 6) is 2.71. The summed E-state index contributed by atoms with van der Waals surface area (Å²) in [5.41, 5.74) is 0.622. The lowest BCUT2D eigenvalue weighted by atomic mass is 9.45. The minimum absolute atomic E-state index is 0.112. The Kier molecular flexibility index (Phi) is 4.22. The monoisotopic (exact) mass is 376 g/mol. The lowest BCUT2D eigenvalue weighted by Crippen LogP contribution is -2.57. The van der Waals surface area contributed by atoms with Crippen LogP contribution < -0.4 is 0 Å². The topological polar surface area (TPSA) is 44.8 Å². The molecule has 0 aromatic rings. The number of ether oxygens (including phenoxy) is 3. The molecule has 152 valence electrons. The summed E-state index contributed by atoms with van der Waals surface area (Å²) in [7, 11) is 0. The summed E-state index contributed by atoms with van der Waals surface area (Å²) < 4.78 is 18.1. The maximum atomic E-state index is 11.4. The molecule has 0 aromatic heterocycles. The zero-order chi connectivity index (χ0) is 18.9. The Labute approximate surface area is 163 Å². The number of rotatable bonds is 1. The molecule has 0 radical (unpaired) electrons. The van der Waals surface area contributed by atoms with Gasteiger partial charge < -0.3 is 14.2 Å². The van der Waals surface area contributed by atoms with Gasteiger partial charge in [-0.1, -0.05) is 13.8 Å². The molecule has 4 heteroatoms. The summed E-state index contributed by atoms with van der Waals surface area (Å²) in [6, 6.07) is 0. The van der Waals surface area contributed by atoms with Gasteiger partial charge in [0.2, 0.25) is 0 Å². The number of carbonyl (C=O) groups is 1. The number of fused-ring (bicyclic) bond motifs is 6. The van der Waals surface area contributed by atoms with Crippen LogP contribution in [0.25, 0.3) is 0 Å². The Morgan fingerprint density at radius 3 is 2.41 bits per heavy atom. The van der Waals surface area contributed by atoms with Crippen molar-refractivity contribution in [1.29, 1.82) is 0 Å². The lowest BCUT2D eigenvalue weighted by molar-refractivity contribution is -0.248. The molecule has 5 aliphatic rings. The molecule has 4 aliphatic carbocycles. The Morgan fingerprint density at radius 1 is 0.926 bits per heavy atom. The predicted molar refractivity (Wildman–Crippen MR) is 102 cm³/mol. The summed E-state index contributed by atoms with van der Waals surface area (Å²) in [6.45, 7) is 8.13. The Morgan fingerprint density at radius 2 is 1.67 bits per heavy atom. The van der Waals surface area contributed by atoms with E-state index < -0.39 is 0 Å². The Balaban J connectivity index is 1.37.